The van der Waals surface area contributed by atoms with E-state index in [1.807, 2.05) is 0 Å². The number of rotatable bonds is 14. The molecule has 0 rings (SSSR count). The van der Waals surface area contributed by atoms with Gasteiger partial charge in [-0.15, -0.1) is 0 Å². The van der Waals surface area contributed by atoms with Crippen LogP contribution in [0.15, 0.2) is 0 Å². The molecular weight excluding hydrogens is 408 g/mol. The zero-order chi connectivity index (χ0) is 22.7. The minimum Gasteiger partial charge on any atom is -0.480 e. The summed E-state index contributed by atoms with van der Waals surface area (Å²) in [5.74, 6) is -5.68. The molecule has 0 saturated heterocycles. The summed E-state index contributed by atoms with van der Waals surface area (Å²) < 4.78 is 0. The van der Waals surface area contributed by atoms with Crippen LogP contribution >= 0.6 is 11.8 Å². The van der Waals surface area contributed by atoms with Crippen LogP contribution in [-0.4, -0.2) is 80.7 Å². The topological polar surface area (TPSA) is 222 Å². The van der Waals surface area contributed by atoms with Crippen molar-refractivity contribution in [2.75, 3.05) is 11.5 Å². The molecule has 0 aromatic carbocycles. The lowest BCUT2D eigenvalue weighted by Crippen LogP contribution is -2.50. The lowest BCUT2D eigenvalue weighted by atomic mass is 10.0. The summed E-state index contributed by atoms with van der Waals surface area (Å²) in [5.41, 5.74) is 11.0. The third-order valence-corrected chi connectivity index (χ3v) is 4.99. The SMILES string of the molecule is CC(C)[C@H](N)C(=O)N[C@H](CCC(=O)N[C@H](CSC[C@H](N)C(=O)O)C(=O)O)C(=O)O. The fourth-order valence-corrected chi connectivity index (χ4v) is 2.92. The highest BCUT2D eigenvalue weighted by molar-refractivity contribution is 7.99. The summed E-state index contributed by atoms with van der Waals surface area (Å²) in [6.07, 6.45) is -0.613. The van der Waals surface area contributed by atoms with E-state index >= 15 is 0 Å². The van der Waals surface area contributed by atoms with Gasteiger partial charge in [-0.25, -0.2) is 9.59 Å². The standard InChI is InChI=1S/C16H28N4O8S/c1-7(2)12(18)13(22)20-9(15(25)26)3-4-11(21)19-10(16(27)28)6-29-5-8(17)14(23)24/h7-10,12H,3-6,17-18H2,1-2H3,(H,19,21)(H,20,22)(H,23,24)(H,25,26)(H,27,28)/t8-,9+,10+,12-/m0/s1. The van der Waals surface area contributed by atoms with E-state index in [9.17, 15) is 29.1 Å². The van der Waals surface area contributed by atoms with Crippen molar-refractivity contribution < 1.29 is 39.3 Å². The molecule has 0 aliphatic rings. The summed E-state index contributed by atoms with van der Waals surface area (Å²) in [4.78, 5) is 57.0. The molecule has 0 aromatic rings. The van der Waals surface area contributed by atoms with E-state index in [4.69, 9.17) is 21.7 Å². The van der Waals surface area contributed by atoms with E-state index in [2.05, 4.69) is 10.6 Å². The Labute approximate surface area is 171 Å². The highest BCUT2D eigenvalue weighted by Crippen LogP contribution is 2.07. The van der Waals surface area contributed by atoms with Crippen LogP contribution in [0.5, 0.6) is 0 Å². The second-order valence-electron chi connectivity index (χ2n) is 6.65. The maximum Gasteiger partial charge on any atom is 0.327 e. The fourth-order valence-electron chi connectivity index (χ4n) is 1.93. The molecule has 0 radical (unpaired) electrons. The summed E-state index contributed by atoms with van der Waals surface area (Å²) in [6, 6.07) is -4.73. The molecule has 0 spiro atoms. The molecule has 4 atom stereocenters. The molecule has 0 bridgehead atoms. The average Bonchev–Trinajstić information content (AvgIpc) is 2.62. The molecule has 166 valence electrons. The molecule has 0 aromatic heterocycles. The van der Waals surface area contributed by atoms with Crippen LogP contribution in [0.2, 0.25) is 0 Å². The summed E-state index contributed by atoms with van der Waals surface area (Å²) in [6.45, 7) is 3.39. The molecule has 29 heavy (non-hydrogen) atoms. The molecule has 0 unspecified atom stereocenters. The number of nitrogens with two attached hydrogens (primary N) is 2. The second-order valence-corrected chi connectivity index (χ2v) is 7.72. The third-order valence-electron chi connectivity index (χ3n) is 3.83. The minimum atomic E-state index is -1.36. The van der Waals surface area contributed by atoms with Gasteiger partial charge in [-0.1, -0.05) is 13.8 Å². The molecule has 9 N–H and O–H groups in total. The third kappa shape index (κ3) is 10.7. The normalized spacial score (nSPS) is 15.1. The van der Waals surface area contributed by atoms with Gasteiger partial charge in [0.1, 0.15) is 18.1 Å². The number of amides is 2. The van der Waals surface area contributed by atoms with Crippen LogP contribution in [0, 0.1) is 5.92 Å². The van der Waals surface area contributed by atoms with Gasteiger partial charge in [-0.3, -0.25) is 14.4 Å². The fraction of sp³-hybridized carbons (Fsp3) is 0.688. The van der Waals surface area contributed by atoms with E-state index in [-0.39, 0.29) is 30.3 Å². The van der Waals surface area contributed by atoms with E-state index < -0.39 is 53.9 Å². The molecule has 2 amide bonds. The molecule has 0 fully saturated rings. The summed E-state index contributed by atoms with van der Waals surface area (Å²) in [7, 11) is 0. The van der Waals surface area contributed by atoms with E-state index in [0.717, 1.165) is 11.8 Å². The predicted octanol–water partition coefficient (Wildman–Crippen LogP) is -1.97. The van der Waals surface area contributed by atoms with Crippen LogP contribution in [0.25, 0.3) is 0 Å². The Morgan fingerprint density at radius 2 is 1.41 bits per heavy atom. The number of hydrogen-bond acceptors (Lipinski definition) is 8. The quantitative estimate of drug-likeness (QED) is 0.158. The Morgan fingerprint density at radius 1 is 0.862 bits per heavy atom. The van der Waals surface area contributed by atoms with Crippen LogP contribution in [0.3, 0.4) is 0 Å². The van der Waals surface area contributed by atoms with Gasteiger partial charge in [0.25, 0.3) is 0 Å². The van der Waals surface area contributed by atoms with Crippen molar-refractivity contribution in [2.45, 2.75) is 50.9 Å². The lowest BCUT2D eigenvalue weighted by Gasteiger charge is -2.20. The number of carboxylic acid groups (broad SMARTS) is 3. The summed E-state index contributed by atoms with van der Waals surface area (Å²) >= 11 is 0.945. The van der Waals surface area contributed by atoms with Gasteiger partial charge in [-0.05, 0) is 12.3 Å². The highest BCUT2D eigenvalue weighted by Gasteiger charge is 2.26. The number of carbonyl (C=O) groups excluding carboxylic acids is 2. The predicted molar refractivity (Wildman–Crippen MR) is 104 cm³/mol. The monoisotopic (exact) mass is 436 g/mol. The van der Waals surface area contributed by atoms with Gasteiger partial charge in [0.2, 0.25) is 11.8 Å². The second kappa shape index (κ2) is 13.0. The van der Waals surface area contributed by atoms with E-state index in [1.165, 1.54) is 0 Å². The van der Waals surface area contributed by atoms with Crippen molar-refractivity contribution >= 4 is 41.5 Å². The van der Waals surface area contributed by atoms with Gasteiger partial charge < -0.3 is 37.4 Å². The molecule has 0 saturated carbocycles. The van der Waals surface area contributed by atoms with E-state index in [1.54, 1.807) is 13.8 Å². The van der Waals surface area contributed by atoms with Gasteiger partial charge >= 0.3 is 17.9 Å². The number of hydrogen-bond donors (Lipinski definition) is 7. The highest BCUT2D eigenvalue weighted by atomic mass is 32.2. The minimum absolute atomic E-state index is 0.0434. The first-order valence-electron chi connectivity index (χ1n) is 8.73. The zero-order valence-corrected chi connectivity index (χ0v) is 17.0. The first-order chi connectivity index (χ1) is 13.4. The Balaban J connectivity index is 4.64. The molecule has 0 aliphatic heterocycles. The number of carbonyl (C=O) groups is 5. The molecule has 0 aliphatic carbocycles. The number of carboxylic acids is 3. The zero-order valence-electron chi connectivity index (χ0n) is 16.2. The van der Waals surface area contributed by atoms with Crippen LogP contribution in [0.4, 0.5) is 0 Å². The summed E-state index contributed by atoms with van der Waals surface area (Å²) in [5, 5.41) is 31.5. The van der Waals surface area contributed by atoms with E-state index in [0.29, 0.717) is 0 Å². The van der Waals surface area contributed by atoms with Gasteiger partial charge in [-0.2, -0.15) is 11.8 Å². The smallest absolute Gasteiger partial charge is 0.327 e. The van der Waals surface area contributed by atoms with Crippen LogP contribution < -0.4 is 22.1 Å². The van der Waals surface area contributed by atoms with Gasteiger partial charge in [0, 0.05) is 17.9 Å². The molecule has 0 heterocycles. The maximum atomic E-state index is 12.0. The molecule has 12 nitrogen and oxygen atoms in total. The number of nitrogens with one attached hydrogen (secondary N) is 2. The first-order valence-corrected chi connectivity index (χ1v) is 9.89. The first kappa shape index (κ1) is 26.6. The molecular formula is C16H28N4O8S. The van der Waals surface area contributed by atoms with Crippen LogP contribution in [-0.2, 0) is 24.0 Å². The Hall–Kier alpha value is -2.38. The number of thioether (sulfide) groups is 1. The Bertz CT molecular complexity index is 616. The van der Waals surface area contributed by atoms with Gasteiger partial charge in [0.05, 0.1) is 6.04 Å². The van der Waals surface area contributed by atoms with Crippen molar-refractivity contribution in [3.63, 3.8) is 0 Å². The Morgan fingerprint density at radius 3 is 1.86 bits per heavy atom. The largest absolute Gasteiger partial charge is 0.480 e. The van der Waals surface area contributed by atoms with Crippen molar-refractivity contribution in [3.05, 3.63) is 0 Å². The van der Waals surface area contributed by atoms with Crippen molar-refractivity contribution in [1.29, 1.82) is 0 Å². The van der Waals surface area contributed by atoms with Crippen molar-refractivity contribution in [3.8, 4) is 0 Å². The van der Waals surface area contributed by atoms with Crippen molar-refractivity contribution in [2.24, 2.45) is 17.4 Å². The maximum absolute atomic E-state index is 12.0. The number of aliphatic carboxylic acids is 3. The van der Waals surface area contributed by atoms with Crippen molar-refractivity contribution in [1.82, 2.24) is 10.6 Å². The average molecular weight is 436 g/mol. The lowest BCUT2D eigenvalue weighted by molar-refractivity contribution is -0.143. The Kier molecular flexibility index (Phi) is 11.9. The molecule has 13 heteroatoms. The van der Waals surface area contributed by atoms with Gasteiger partial charge in [0.15, 0.2) is 0 Å². The van der Waals surface area contributed by atoms with Crippen LogP contribution in [0.1, 0.15) is 26.7 Å².